The standard InChI is InChI=1S/C12H18OS/c1-2-3-4-6-11(13)8-9-12-7-5-10-14-12/h5,7,10H,2-4,6,8-9H2,1H3. The highest BCUT2D eigenvalue weighted by molar-refractivity contribution is 7.09. The zero-order valence-electron chi connectivity index (χ0n) is 8.79. The Bertz CT molecular complexity index is 251. The molecule has 0 fully saturated rings. The van der Waals surface area contributed by atoms with Gasteiger partial charge in [-0.25, -0.2) is 0 Å². The predicted octanol–water partition coefficient (Wildman–Crippen LogP) is 3.83. The van der Waals surface area contributed by atoms with Crippen LogP contribution in [0.1, 0.15) is 43.9 Å². The van der Waals surface area contributed by atoms with Crippen molar-refractivity contribution in [2.75, 3.05) is 0 Å². The summed E-state index contributed by atoms with van der Waals surface area (Å²) in [5, 5.41) is 2.07. The van der Waals surface area contributed by atoms with Gasteiger partial charge in [-0.1, -0.05) is 25.8 Å². The first kappa shape index (κ1) is 11.4. The Balaban J connectivity index is 2.09. The summed E-state index contributed by atoms with van der Waals surface area (Å²) in [6.45, 7) is 2.16. The molecule has 0 spiro atoms. The van der Waals surface area contributed by atoms with E-state index >= 15 is 0 Å². The lowest BCUT2D eigenvalue weighted by Crippen LogP contribution is -1.98. The van der Waals surface area contributed by atoms with Crippen LogP contribution in [0, 0.1) is 0 Å². The molecule has 0 radical (unpaired) electrons. The van der Waals surface area contributed by atoms with Gasteiger partial charge >= 0.3 is 0 Å². The van der Waals surface area contributed by atoms with Crippen molar-refractivity contribution in [1.29, 1.82) is 0 Å². The Hall–Kier alpha value is -0.630. The average molecular weight is 210 g/mol. The second kappa shape index (κ2) is 6.77. The zero-order valence-corrected chi connectivity index (χ0v) is 9.61. The predicted molar refractivity (Wildman–Crippen MR) is 61.8 cm³/mol. The van der Waals surface area contributed by atoms with Crippen LogP contribution in [0.25, 0.3) is 0 Å². The third kappa shape index (κ3) is 4.56. The van der Waals surface area contributed by atoms with E-state index in [1.165, 1.54) is 17.7 Å². The van der Waals surface area contributed by atoms with E-state index < -0.39 is 0 Å². The molecule has 1 nitrogen and oxygen atoms in total. The molecule has 0 atom stereocenters. The van der Waals surface area contributed by atoms with Gasteiger partial charge in [-0.15, -0.1) is 11.3 Å². The lowest BCUT2D eigenvalue weighted by Gasteiger charge is -1.98. The molecule has 0 saturated carbocycles. The number of aryl methyl sites for hydroxylation is 1. The minimum atomic E-state index is 0.423. The Morgan fingerprint density at radius 1 is 1.36 bits per heavy atom. The minimum Gasteiger partial charge on any atom is -0.300 e. The molecule has 1 heterocycles. The smallest absolute Gasteiger partial charge is 0.133 e. The molecule has 1 aromatic rings. The van der Waals surface area contributed by atoms with Crippen LogP contribution < -0.4 is 0 Å². The van der Waals surface area contributed by atoms with Crippen molar-refractivity contribution in [3.05, 3.63) is 22.4 Å². The Morgan fingerprint density at radius 3 is 2.86 bits per heavy atom. The topological polar surface area (TPSA) is 17.1 Å². The highest BCUT2D eigenvalue weighted by atomic mass is 32.1. The molecule has 1 rings (SSSR count). The van der Waals surface area contributed by atoms with E-state index in [0.29, 0.717) is 5.78 Å². The van der Waals surface area contributed by atoms with E-state index in [4.69, 9.17) is 0 Å². The fraction of sp³-hybridized carbons (Fsp3) is 0.583. The maximum Gasteiger partial charge on any atom is 0.133 e. The molecule has 2 heteroatoms. The summed E-state index contributed by atoms with van der Waals surface area (Å²) in [4.78, 5) is 12.7. The summed E-state index contributed by atoms with van der Waals surface area (Å²) in [5.74, 6) is 0.423. The van der Waals surface area contributed by atoms with E-state index in [0.717, 1.165) is 25.7 Å². The third-order valence-electron chi connectivity index (χ3n) is 2.29. The summed E-state index contributed by atoms with van der Waals surface area (Å²) in [6.07, 6.45) is 5.88. The van der Waals surface area contributed by atoms with Gasteiger partial charge in [-0.05, 0) is 24.3 Å². The lowest BCUT2D eigenvalue weighted by atomic mass is 10.1. The maximum absolute atomic E-state index is 11.4. The number of Topliss-reactive ketones (excluding diaryl/α,β-unsaturated/α-hetero) is 1. The van der Waals surface area contributed by atoms with Gasteiger partial charge in [0, 0.05) is 17.7 Å². The molecule has 0 bridgehead atoms. The van der Waals surface area contributed by atoms with Crippen LogP contribution in [0.3, 0.4) is 0 Å². The fourth-order valence-corrected chi connectivity index (χ4v) is 2.12. The Labute approximate surface area is 90.2 Å². The van der Waals surface area contributed by atoms with Crippen LogP contribution in [-0.4, -0.2) is 5.78 Å². The summed E-state index contributed by atoms with van der Waals surface area (Å²) in [5.41, 5.74) is 0. The van der Waals surface area contributed by atoms with Crippen LogP contribution in [0.15, 0.2) is 17.5 Å². The molecule has 0 unspecified atom stereocenters. The van der Waals surface area contributed by atoms with E-state index in [9.17, 15) is 4.79 Å². The summed E-state index contributed by atoms with van der Waals surface area (Å²) >= 11 is 1.74. The molecular formula is C12H18OS. The number of hydrogen-bond acceptors (Lipinski definition) is 2. The molecule has 1 aromatic heterocycles. The summed E-state index contributed by atoms with van der Waals surface area (Å²) < 4.78 is 0. The van der Waals surface area contributed by atoms with Gasteiger partial charge in [0.25, 0.3) is 0 Å². The molecule has 78 valence electrons. The van der Waals surface area contributed by atoms with Gasteiger partial charge in [0.05, 0.1) is 0 Å². The molecule has 14 heavy (non-hydrogen) atoms. The minimum absolute atomic E-state index is 0.423. The molecule has 0 saturated heterocycles. The van der Waals surface area contributed by atoms with Crippen molar-refractivity contribution in [3.63, 3.8) is 0 Å². The van der Waals surface area contributed by atoms with Crippen molar-refractivity contribution < 1.29 is 4.79 Å². The fourth-order valence-electron chi connectivity index (χ4n) is 1.41. The average Bonchev–Trinajstić information content (AvgIpc) is 2.68. The van der Waals surface area contributed by atoms with Crippen LogP contribution in [0.4, 0.5) is 0 Å². The van der Waals surface area contributed by atoms with E-state index in [1.54, 1.807) is 11.3 Å². The molecule has 0 N–H and O–H groups in total. The van der Waals surface area contributed by atoms with Crippen LogP contribution in [0.5, 0.6) is 0 Å². The normalized spacial score (nSPS) is 10.4. The zero-order chi connectivity index (χ0) is 10.2. The highest BCUT2D eigenvalue weighted by Crippen LogP contribution is 2.12. The van der Waals surface area contributed by atoms with Gasteiger partial charge in [0.1, 0.15) is 5.78 Å². The highest BCUT2D eigenvalue weighted by Gasteiger charge is 2.02. The Kier molecular flexibility index (Phi) is 5.53. The van der Waals surface area contributed by atoms with E-state index in [2.05, 4.69) is 18.4 Å². The molecular weight excluding hydrogens is 192 g/mol. The molecule has 0 aliphatic heterocycles. The van der Waals surface area contributed by atoms with Gasteiger partial charge < -0.3 is 0 Å². The summed E-state index contributed by atoms with van der Waals surface area (Å²) in [6, 6.07) is 4.14. The van der Waals surface area contributed by atoms with E-state index in [-0.39, 0.29) is 0 Å². The van der Waals surface area contributed by atoms with Crippen molar-refractivity contribution in [2.24, 2.45) is 0 Å². The van der Waals surface area contributed by atoms with Crippen LogP contribution in [-0.2, 0) is 11.2 Å². The molecule has 0 aliphatic rings. The monoisotopic (exact) mass is 210 g/mol. The first-order chi connectivity index (χ1) is 6.83. The number of carbonyl (C=O) groups excluding carboxylic acids is 1. The second-order valence-corrected chi connectivity index (χ2v) is 4.61. The van der Waals surface area contributed by atoms with Crippen molar-refractivity contribution >= 4 is 17.1 Å². The number of rotatable bonds is 7. The molecule has 0 aromatic carbocycles. The van der Waals surface area contributed by atoms with Crippen LogP contribution >= 0.6 is 11.3 Å². The van der Waals surface area contributed by atoms with E-state index in [1.807, 2.05) is 6.07 Å². The largest absolute Gasteiger partial charge is 0.300 e. The number of hydrogen-bond donors (Lipinski definition) is 0. The van der Waals surface area contributed by atoms with Crippen molar-refractivity contribution in [2.45, 2.75) is 45.4 Å². The summed E-state index contributed by atoms with van der Waals surface area (Å²) in [7, 11) is 0. The first-order valence-electron chi connectivity index (χ1n) is 5.37. The number of unbranched alkanes of at least 4 members (excludes halogenated alkanes) is 2. The molecule has 0 amide bonds. The Morgan fingerprint density at radius 2 is 2.21 bits per heavy atom. The third-order valence-corrected chi connectivity index (χ3v) is 3.23. The van der Waals surface area contributed by atoms with Gasteiger partial charge in [-0.2, -0.15) is 0 Å². The van der Waals surface area contributed by atoms with Gasteiger partial charge in [0.2, 0.25) is 0 Å². The maximum atomic E-state index is 11.4. The second-order valence-electron chi connectivity index (χ2n) is 3.58. The quantitative estimate of drug-likeness (QED) is 0.625. The van der Waals surface area contributed by atoms with Crippen molar-refractivity contribution in [1.82, 2.24) is 0 Å². The van der Waals surface area contributed by atoms with Crippen LogP contribution in [0.2, 0.25) is 0 Å². The SMILES string of the molecule is CCCCCC(=O)CCc1cccs1. The van der Waals surface area contributed by atoms with Gasteiger partial charge in [-0.3, -0.25) is 4.79 Å². The number of thiophene rings is 1. The number of ketones is 1. The van der Waals surface area contributed by atoms with Gasteiger partial charge in [0.15, 0.2) is 0 Å². The first-order valence-corrected chi connectivity index (χ1v) is 6.25. The molecule has 0 aliphatic carbocycles. The lowest BCUT2D eigenvalue weighted by molar-refractivity contribution is -0.119. The number of carbonyl (C=O) groups is 1. The van der Waals surface area contributed by atoms with Crippen molar-refractivity contribution in [3.8, 4) is 0 Å².